The molecule has 1 amide bonds. The minimum absolute atomic E-state index is 0.0838. The molecule has 0 aliphatic carbocycles. The molecule has 0 saturated heterocycles. The average Bonchev–Trinajstić information content (AvgIpc) is 2.21. The molecule has 0 spiro atoms. The van der Waals surface area contributed by atoms with E-state index in [1.54, 1.807) is 6.92 Å². The fourth-order valence-electron chi connectivity index (χ4n) is 1.24. The van der Waals surface area contributed by atoms with Crippen LogP contribution in [0.5, 0.6) is 5.75 Å². The zero-order chi connectivity index (χ0) is 13.8. The van der Waals surface area contributed by atoms with E-state index in [-0.39, 0.29) is 18.0 Å². The molecule has 0 heterocycles. The number of hydrogen-bond acceptors (Lipinski definition) is 2. The van der Waals surface area contributed by atoms with E-state index in [0.29, 0.717) is 6.42 Å². The Hall–Kier alpha value is -1.79. The van der Waals surface area contributed by atoms with Gasteiger partial charge >= 0.3 is 6.36 Å². The number of carbonyl (C=O) groups excluding carboxylic acids is 1. The lowest BCUT2D eigenvalue weighted by Crippen LogP contribution is -2.18. The normalized spacial score (nSPS) is 11.2. The number of amides is 1. The number of benzene rings is 1. The van der Waals surface area contributed by atoms with Crippen molar-refractivity contribution in [2.24, 2.45) is 0 Å². The van der Waals surface area contributed by atoms with Gasteiger partial charge in [-0.05, 0) is 18.6 Å². The number of ether oxygens (including phenoxy) is 1. The third-order valence-electron chi connectivity index (χ3n) is 1.92. The molecule has 0 bridgehead atoms. The van der Waals surface area contributed by atoms with Gasteiger partial charge in [-0.1, -0.05) is 6.92 Å². The summed E-state index contributed by atoms with van der Waals surface area (Å²) in [4.78, 5) is 11.2. The second-order valence-corrected chi connectivity index (χ2v) is 3.49. The van der Waals surface area contributed by atoms with Crippen LogP contribution < -0.4 is 10.1 Å². The quantitative estimate of drug-likeness (QED) is 0.846. The van der Waals surface area contributed by atoms with Crippen LogP contribution in [0.15, 0.2) is 18.2 Å². The van der Waals surface area contributed by atoms with Gasteiger partial charge in [0.05, 0.1) is 0 Å². The number of alkyl halides is 3. The molecule has 0 unspecified atom stereocenters. The summed E-state index contributed by atoms with van der Waals surface area (Å²) in [6.45, 7) is 1.79. The summed E-state index contributed by atoms with van der Waals surface area (Å²) in [7, 11) is 0. The first-order chi connectivity index (χ1) is 8.31. The van der Waals surface area contributed by atoms with Crippen LogP contribution in [0.25, 0.3) is 0 Å². The molecule has 0 fully saturated rings. The summed E-state index contributed by atoms with van der Waals surface area (Å²) < 4.78 is 52.3. The van der Waals surface area contributed by atoms with E-state index in [2.05, 4.69) is 10.1 Å². The monoisotopic (exact) mass is 265 g/mol. The van der Waals surface area contributed by atoms with Crippen molar-refractivity contribution in [3.8, 4) is 5.75 Å². The molecule has 1 aromatic carbocycles. The highest BCUT2D eigenvalue weighted by atomic mass is 19.4. The van der Waals surface area contributed by atoms with Crippen LogP contribution in [-0.4, -0.2) is 12.3 Å². The zero-order valence-electron chi connectivity index (χ0n) is 9.47. The molecule has 100 valence electrons. The summed E-state index contributed by atoms with van der Waals surface area (Å²) in [5, 5.41) is 2.36. The highest BCUT2D eigenvalue weighted by molar-refractivity contribution is 5.90. The van der Waals surface area contributed by atoms with E-state index >= 15 is 0 Å². The second kappa shape index (κ2) is 5.70. The number of halogens is 4. The van der Waals surface area contributed by atoms with Crippen molar-refractivity contribution in [2.75, 3.05) is 5.32 Å². The van der Waals surface area contributed by atoms with Gasteiger partial charge < -0.3 is 10.1 Å². The van der Waals surface area contributed by atoms with Crippen LogP contribution in [0.2, 0.25) is 0 Å². The van der Waals surface area contributed by atoms with Crippen molar-refractivity contribution >= 4 is 11.6 Å². The Kier molecular flexibility index (Phi) is 4.52. The molecular formula is C11H11F4NO2. The van der Waals surface area contributed by atoms with Gasteiger partial charge in [-0.15, -0.1) is 13.2 Å². The van der Waals surface area contributed by atoms with Gasteiger partial charge in [-0.3, -0.25) is 4.79 Å². The van der Waals surface area contributed by atoms with Crippen molar-refractivity contribution < 1.29 is 27.1 Å². The first-order valence-electron chi connectivity index (χ1n) is 5.17. The number of hydrogen-bond donors (Lipinski definition) is 1. The van der Waals surface area contributed by atoms with Crippen LogP contribution in [0, 0.1) is 5.82 Å². The Labute approximate surface area is 101 Å². The number of nitrogens with one attached hydrogen (secondary N) is 1. The number of anilines is 1. The first-order valence-corrected chi connectivity index (χ1v) is 5.17. The topological polar surface area (TPSA) is 38.3 Å². The van der Waals surface area contributed by atoms with E-state index in [9.17, 15) is 22.4 Å². The van der Waals surface area contributed by atoms with Gasteiger partial charge in [0, 0.05) is 18.2 Å². The van der Waals surface area contributed by atoms with E-state index in [1.807, 2.05) is 0 Å². The molecule has 0 radical (unpaired) electrons. The highest BCUT2D eigenvalue weighted by Crippen LogP contribution is 2.27. The maximum absolute atomic E-state index is 13.2. The third kappa shape index (κ3) is 4.60. The van der Waals surface area contributed by atoms with Gasteiger partial charge in [0.25, 0.3) is 0 Å². The van der Waals surface area contributed by atoms with Crippen LogP contribution in [-0.2, 0) is 4.79 Å². The maximum atomic E-state index is 13.2. The van der Waals surface area contributed by atoms with E-state index < -0.39 is 17.9 Å². The Morgan fingerprint density at radius 1 is 1.39 bits per heavy atom. The Balaban J connectivity index is 2.76. The molecule has 0 aliphatic rings. The van der Waals surface area contributed by atoms with Gasteiger partial charge in [-0.25, -0.2) is 4.39 Å². The largest absolute Gasteiger partial charge is 0.573 e. The smallest absolute Gasteiger partial charge is 0.403 e. The number of rotatable bonds is 4. The molecule has 1 aromatic rings. The molecule has 0 aliphatic heterocycles. The zero-order valence-corrected chi connectivity index (χ0v) is 9.47. The highest BCUT2D eigenvalue weighted by Gasteiger charge is 2.32. The van der Waals surface area contributed by atoms with Crippen LogP contribution in [0.4, 0.5) is 23.2 Å². The third-order valence-corrected chi connectivity index (χ3v) is 1.92. The van der Waals surface area contributed by atoms with Crippen LogP contribution in [0.1, 0.15) is 19.8 Å². The van der Waals surface area contributed by atoms with E-state index in [0.717, 1.165) is 18.2 Å². The number of carbonyl (C=O) groups is 1. The summed E-state index contributed by atoms with van der Waals surface area (Å²) in [5.74, 6) is -2.46. The molecule has 1 N–H and O–H groups in total. The predicted molar refractivity (Wildman–Crippen MR) is 56.6 cm³/mol. The fraction of sp³-hybridized carbons (Fsp3) is 0.364. The van der Waals surface area contributed by atoms with E-state index in [1.165, 1.54) is 0 Å². The maximum Gasteiger partial charge on any atom is 0.573 e. The molecule has 0 saturated carbocycles. The molecule has 3 nitrogen and oxygen atoms in total. The molecule has 0 aromatic heterocycles. The predicted octanol–water partition coefficient (Wildman–Crippen LogP) is 3.46. The van der Waals surface area contributed by atoms with Crippen LogP contribution >= 0.6 is 0 Å². The molecule has 0 atom stereocenters. The van der Waals surface area contributed by atoms with Gasteiger partial charge in [0.15, 0.2) is 11.6 Å². The Morgan fingerprint density at radius 3 is 2.56 bits per heavy atom. The molecule has 18 heavy (non-hydrogen) atoms. The van der Waals surface area contributed by atoms with Crippen molar-refractivity contribution in [1.82, 2.24) is 0 Å². The van der Waals surface area contributed by atoms with Crippen LogP contribution in [0.3, 0.4) is 0 Å². The summed E-state index contributed by atoms with van der Waals surface area (Å²) in [6, 6.07) is 2.72. The summed E-state index contributed by atoms with van der Waals surface area (Å²) >= 11 is 0. The lowest BCUT2D eigenvalue weighted by molar-refractivity contribution is -0.275. The standard InChI is InChI=1S/C11H11F4NO2/c1-2-3-10(17)16-7-4-5-9(8(12)6-7)18-11(13,14)15/h4-6H,2-3H2,1H3,(H,16,17). The minimum Gasteiger partial charge on any atom is -0.403 e. The summed E-state index contributed by atoms with van der Waals surface area (Å²) in [6.07, 6.45) is -4.08. The van der Waals surface area contributed by atoms with Gasteiger partial charge in [0.1, 0.15) is 0 Å². The van der Waals surface area contributed by atoms with Crippen molar-refractivity contribution in [3.05, 3.63) is 24.0 Å². The van der Waals surface area contributed by atoms with Crippen molar-refractivity contribution in [3.63, 3.8) is 0 Å². The lowest BCUT2D eigenvalue weighted by Gasteiger charge is -2.11. The summed E-state index contributed by atoms with van der Waals surface area (Å²) in [5.41, 5.74) is 0.0838. The van der Waals surface area contributed by atoms with E-state index in [4.69, 9.17) is 0 Å². The SMILES string of the molecule is CCCC(=O)Nc1ccc(OC(F)(F)F)c(F)c1. The molecule has 7 heteroatoms. The average molecular weight is 265 g/mol. The Morgan fingerprint density at radius 2 is 2.06 bits per heavy atom. The lowest BCUT2D eigenvalue weighted by atomic mass is 10.2. The minimum atomic E-state index is -4.95. The van der Waals surface area contributed by atoms with Crippen molar-refractivity contribution in [1.29, 1.82) is 0 Å². The van der Waals surface area contributed by atoms with Crippen molar-refractivity contribution in [2.45, 2.75) is 26.1 Å². The Bertz CT molecular complexity index is 432. The van der Waals surface area contributed by atoms with Gasteiger partial charge in [0.2, 0.25) is 5.91 Å². The fourth-order valence-corrected chi connectivity index (χ4v) is 1.24. The van der Waals surface area contributed by atoms with Gasteiger partial charge in [-0.2, -0.15) is 0 Å². The first kappa shape index (κ1) is 14.3. The molecule has 1 rings (SSSR count). The molecular weight excluding hydrogens is 254 g/mol. The second-order valence-electron chi connectivity index (χ2n) is 3.49.